The third-order valence-corrected chi connectivity index (χ3v) is 4.48. The van der Waals surface area contributed by atoms with Crippen molar-refractivity contribution in [1.29, 1.82) is 0 Å². The van der Waals surface area contributed by atoms with Crippen LogP contribution in [0.5, 0.6) is 5.75 Å². The molecule has 0 radical (unpaired) electrons. The first-order chi connectivity index (χ1) is 14.0. The van der Waals surface area contributed by atoms with Gasteiger partial charge in [-0.15, -0.1) is 0 Å². The van der Waals surface area contributed by atoms with Crippen molar-refractivity contribution in [2.45, 2.75) is 13.3 Å². The van der Waals surface area contributed by atoms with Crippen LogP contribution >= 0.6 is 23.2 Å². The van der Waals surface area contributed by atoms with Gasteiger partial charge in [0.2, 0.25) is 0 Å². The van der Waals surface area contributed by atoms with Gasteiger partial charge in [-0.3, -0.25) is 0 Å². The van der Waals surface area contributed by atoms with Crippen molar-refractivity contribution in [2.24, 2.45) is 0 Å². The second-order valence-electron chi connectivity index (χ2n) is 6.00. The molecule has 0 spiro atoms. The average Bonchev–Trinajstić information content (AvgIpc) is 3.21. The molecule has 0 fully saturated rings. The van der Waals surface area contributed by atoms with Crippen LogP contribution in [0.25, 0.3) is 11.5 Å². The van der Waals surface area contributed by atoms with Crippen LogP contribution in [-0.4, -0.2) is 28.0 Å². The first kappa shape index (κ1) is 21.1. The van der Waals surface area contributed by atoms with Gasteiger partial charge in [0.15, 0.2) is 5.76 Å². The molecule has 152 valence electrons. The van der Waals surface area contributed by atoms with Crippen LogP contribution in [0.2, 0.25) is 10.0 Å². The highest BCUT2D eigenvalue weighted by Gasteiger charge is 2.15. The van der Waals surface area contributed by atoms with E-state index in [1.54, 1.807) is 25.1 Å². The number of aromatic nitrogens is 3. The normalized spacial score (nSPS) is 11.9. The molecule has 0 saturated heterocycles. The number of hydrogen-bond donors (Lipinski definition) is 0. The molecule has 2 aromatic carbocycles. The molecule has 1 aromatic heterocycles. The first-order valence-corrected chi connectivity index (χ1v) is 9.43. The van der Waals surface area contributed by atoms with E-state index in [4.69, 9.17) is 32.7 Å². The average molecular weight is 440 g/mol. The summed E-state index contributed by atoms with van der Waals surface area (Å²) in [6.07, 6.45) is 3.31. The van der Waals surface area contributed by atoms with E-state index in [9.17, 15) is 8.78 Å². The zero-order valence-corrected chi connectivity index (χ0v) is 16.9. The highest BCUT2D eigenvalue weighted by Crippen LogP contribution is 2.28. The van der Waals surface area contributed by atoms with E-state index < -0.39 is 11.6 Å². The van der Waals surface area contributed by atoms with Crippen LogP contribution in [0, 0.1) is 11.6 Å². The van der Waals surface area contributed by atoms with Crippen molar-refractivity contribution < 1.29 is 18.3 Å². The van der Waals surface area contributed by atoms with E-state index in [0.29, 0.717) is 34.5 Å². The van der Waals surface area contributed by atoms with Crippen molar-refractivity contribution in [3.63, 3.8) is 0 Å². The van der Waals surface area contributed by atoms with E-state index in [0.717, 1.165) is 6.07 Å². The first-order valence-electron chi connectivity index (χ1n) is 8.67. The van der Waals surface area contributed by atoms with Crippen molar-refractivity contribution in [2.75, 3.05) is 13.2 Å². The quantitative estimate of drug-likeness (QED) is 0.333. The van der Waals surface area contributed by atoms with Gasteiger partial charge in [0, 0.05) is 17.5 Å². The molecule has 5 nitrogen and oxygen atoms in total. The summed E-state index contributed by atoms with van der Waals surface area (Å²) in [5, 5.41) is 4.96. The smallest absolute Gasteiger partial charge is 0.150 e. The molecule has 0 aliphatic rings. The molecule has 9 heteroatoms. The van der Waals surface area contributed by atoms with Gasteiger partial charge in [-0.25, -0.2) is 18.4 Å². The van der Waals surface area contributed by atoms with Crippen LogP contribution in [-0.2, 0) is 4.74 Å². The summed E-state index contributed by atoms with van der Waals surface area (Å²) in [5.74, 6) is -0.659. The number of ether oxygens (including phenoxy) is 2. The molecule has 0 amide bonds. The lowest BCUT2D eigenvalue weighted by atomic mass is 10.1. The van der Waals surface area contributed by atoms with Gasteiger partial charge in [0.05, 0.1) is 29.5 Å². The fourth-order valence-corrected chi connectivity index (χ4v) is 3.01. The molecular weight excluding hydrogens is 423 g/mol. The third kappa shape index (κ3) is 5.46. The Balaban J connectivity index is 1.69. The summed E-state index contributed by atoms with van der Waals surface area (Å²) in [6, 6.07) is 8.25. The third-order valence-electron chi connectivity index (χ3n) is 3.95. The number of nitrogens with zero attached hydrogens (tertiary/aromatic N) is 3. The minimum Gasteiger partial charge on any atom is -0.492 e. The van der Waals surface area contributed by atoms with E-state index in [-0.39, 0.29) is 17.9 Å². The highest BCUT2D eigenvalue weighted by atomic mass is 35.5. The van der Waals surface area contributed by atoms with E-state index in [2.05, 4.69) is 10.1 Å². The number of allylic oxidation sites excluding steroid dienone is 1. The lowest BCUT2D eigenvalue weighted by molar-refractivity contribution is 0.225. The zero-order valence-electron chi connectivity index (χ0n) is 15.4. The Morgan fingerprint density at radius 1 is 1.10 bits per heavy atom. The maximum atomic E-state index is 14.3. The maximum Gasteiger partial charge on any atom is 0.150 e. The summed E-state index contributed by atoms with van der Waals surface area (Å²) in [7, 11) is 0. The summed E-state index contributed by atoms with van der Waals surface area (Å²) in [6.45, 7) is 2.25. The molecule has 3 aromatic rings. The standard InChI is InChI=1S/C20H17Cl2F2N3O2/c1-13(27-12-25-11-26-27)20(16-5-4-15(23)10-18(16)24)29-8-2-7-28-19-6-3-14(21)9-17(19)22/h3-6,9-12H,2,7-8H2,1H3/b20-13-. The van der Waals surface area contributed by atoms with E-state index in [1.807, 2.05) is 0 Å². The van der Waals surface area contributed by atoms with Gasteiger partial charge in [-0.05, 0) is 37.3 Å². The largest absolute Gasteiger partial charge is 0.492 e. The Bertz CT molecular complexity index is 1010. The molecule has 0 atom stereocenters. The van der Waals surface area contributed by atoms with Crippen LogP contribution in [0.4, 0.5) is 8.78 Å². The van der Waals surface area contributed by atoms with Crippen molar-refractivity contribution in [3.8, 4) is 5.75 Å². The molecule has 0 unspecified atom stereocenters. The summed E-state index contributed by atoms with van der Waals surface area (Å²) in [5.41, 5.74) is 0.635. The predicted octanol–water partition coefficient (Wildman–Crippen LogP) is 5.69. The zero-order chi connectivity index (χ0) is 20.8. The van der Waals surface area contributed by atoms with Gasteiger partial charge >= 0.3 is 0 Å². The van der Waals surface area contributed by atoms with Gasteiger partial charge in [-0.2, -0.15) is 5.10 Å². The van der Waals surface area contributed by atoms with Gasteiger partial charge in [0.25, 0.3) is 0 Å². The Hall–Kier alpha value is -2.64. The Morgan fingerprint density at radius 3 is 2.62 bits per heavy atom. The molecule has 0 saturated carbocycles. The van der Waals surface area contributed by atoms with Crippen molar-refractivity contribution in [1.82, 2.24) is 14.8 Å². The minimum absolute atomic E-state index is 0.126. The number of hydrogen-bond acceptors (Lipinski definition) is 4. The Labute approximate surface area is 176 Å². The number of benzene rings is 2. The molecule has 29 heavy (non-hydrogen) atoms. The molecular formula is C20H17Cl2F2N3O2. The van der Waals surface area contributed by atoms with Crippen LogP contribution < -0.4 is 4.74 Å². The monoisotopic (exact) mass is 439 g/mol. The van der Waals surface area contributed by atoms with Gasteiger partial charge in [0.1, 0.15) is 30.0 Å². The number of rotatable bonds is 8. The summed E-state index contributed by atoms with van der Waals surface area (Å²) >= 11 is 11.9. The van der Waals surface area contributed by atoms with E-state index in [1.165, 1.54) is 29.5 Å². The second kappa shape index (κ2) is 9.71. The highest BCUT2D eigenvalue weighted by molar-refractivity contribution is 6.35. The van der Waals surface area contributed by atoms with Crippen molar-refractivity contribution >= 4 is 34.7 Å². The van der Waals surface area contributed by atoms with Gasteiger partial charge < -0.3 is 9.47 Å². The fraction of sp³-hybridized carbons (Fsp3) is 0.200. The topological polar surface area (TPSA) is 49.2 Å². The maximum absolute atomic E-state index is 14.3. The minimum atomic E-state index is -0.733. The second-order valence-corrected chi connectivity index (χ2v) is 6.85. The lowest BCUT2D eigenvalue weighted by Crippen LogP contribution is -2.07. The predicted molar refractivity (Wildman–Crippen MR) is 108 cm³/mol. The Kier molecular flexibility index (Phi) is 7.06. The Morgan fingerprint density at radius 2 is 1.93 bits per heavy atom. The fourth-order valence-electron chi connectivity index (χ4n) is 2.54. The van der Waals surface area contributed by atoms with Crippen LogP contribution in [0.3, 0.4) is 0 Å². The molecule has 3 rings (SSSR count). The van der Waals surface area contributed by atoms with Crippen LogP contribution in [0.15, 0.2) is 49.1 Å². The molecule has 0 aliphatic carbocycles. The molecule has 0 aliphatic heterocycles. The van der Waals surface area contributed by atoms with E-state index >= 15 is 0 Å². The summed E-state index contributed by atoms with van der Waals surface area (Å²) < 4.78 is 40.5. The number of halogens is 4. The SMILES string of the molecule is C/C(=C(/OCCCOc1ccc(Cl)cc1Cl)c1ccc(F)cc1F)n1cncn1. The summed E-state index contributed by atoms with van der Waals surface area (Å²) in [4.78, 5) is 3.88. The van der Waals surface area contributed by atoms with Crippen LogP contribution in [0.1, 0.15) is 18.9 Å². The van der Waals surface area contributed by atoms with Crippen molar-refractivity contribution in [3.05, 3.63) is 76.3 Å². The van der Waals surface area contributed by atoms with Gasteiger partial charge in [-0.1, -0.05) is 23.2 Å². The molecule has 0 bridgehead atoms. The lowest BCUT2D eigenvalue weighted by Gasteiger charge is -2.15. The molecule has 0 N–H and O–H groups in total. The molecule has 1 heterocycles.